The topological polar surface area (TPSA) is 69.6 Å². The second-order valence-electron chi connectivity index (χ2n) is 7.25. The van der Waals surface area contributed by atoms with Crippen molar-refractivity contribution < 1.29 is 19.3 Å². The number of hydroxylamine groups is 3. The van der Waals surface area contributed by atoms with Crippen LogP contribution in [0.1, 0.15) is 51.5 Å². The first-order valence-corrected chi connectivity index (χ1v) is 9.94. The van der Waals surface area contributed by atoms with Gasteiger partial charge >= 0.3 is 5.97 Å². The van der Waals surface area contributed by atoms with Gasteiger partial charge in [-0.2, -0.15) is 0 Å². The molecular weight excluding hydrogens is 342 g/mol. The summed E-state index contributed by atoms with van der Waals surface area (Å²) >= 11 is 0. The summed E-state index contributed by atoms with van der Waals surface area (Å²) in [4.78, 5) is 12.8. The maximum Gasteiger partial charge on any atom is 0.344 e. The molecule has 1 aromatic rings. The summed E-state index contributed by atoms with van der Waals surface area (Å²) < 4.78 is 4.95. The lowest BCUT2D eigenvalue weighted by molar-refractivity contribution is -0.869. The summed E-state index contributed by atoms with van der Waals surface area (Å²) in [6.45, 7) is 4.65. The quantitative estimate of drug-likeness (QED) is 0.344. The fourth-order valence-corrected chi connectivity index (χ4v) is 3.64. The maximum absolute atomic E-state index is 12.8. The number of hydrogen-bond donors (Lipinski definition) is 1. The van der Waals surface area contributed by atoms with Crippen molar-refractivity contribution >= 4 is 5.97 Å². The molecule has 1 saturated carbocycles. The Morgan fingerprint density at radius 3 is 2.41 bits per heavy atom. The zero-order valence-electron chi connectivity index (χ0n) is 16.4. The van der Waals surface area contributed by atoms with Crippen LogP contribution in [0, 0.1) is 23.0 Å². The van der Waals surface area contributed by atoms with Gasteiger partial charge in [0.05, 0.1) is 13.1 Å². The molecule has 0 spiro atoms. The van der Waals surface area contributed by atoms with E-state index in [1.807, 2.05) is 32.0 Å². The minimum absolute atomic E-state index is 0.117. The van der Waals surface area contributed by atoms with E-state index in [0.717, 1.165) is 32.1 Å². The smallest absolute Gasteiger partial charge is 0.344 e. The third kappa shape index (κ3) is 5.32. The normalized spacial score (nSPS) is 17.5. The number of rotatable bonds is 7. The Morgan fingerprint density at radius 1 is 1.19 bits per heavy atom. The monoisotopic (exact) mass is 373 g/mol. The van der Waals surface area contributed by atoms with Crippen molar-refractivity contribution in [3.05, 3.63) is 41.1 Å². The summed E-state index contributed by atoms with van der Waals surface area (Å²) in [5.74, 6) is 4.75. The molecule has 1 aliphatic carbocycles. The Bertz CT molecular complexity index is 654. The number of benzene rings is 1. The van der Waals surface area contributed by atoms with Gasteiger partial charge in [0.15, 0.2) is 12.2 Å². The van der Waals surface area contributed by atoms with Crippen LogP contribution in [-0.4, -0.2) is 42.0 Å². The summed E-state index contributed by atoms with van der Waals surface area (Å²) in [6, 6.07) is 9.03. The fourth-order valence-electron chi connectivity index (χ4n) is 3.64. The highest BCUT2D eigenvalue weighted by molar-refractivity contribution is 5.81. The van der Waals surface area contributed by atoms with Gasteiger partial charge in [-0.25, -0.2) is 4.79 Å². The predicted octanol–water partition coefficient (Wildman–Crippen LogP) is 3.36. The van der Waals surface area contributed by atoms with Crippen LogP contribution in [-0.2, 0) is 15.1 Å². The first-order chi connectivity index (χ1) is 13.0. The molecule has 1 N–H and O–H groups in total. The number of carbonyl (C=O) groups is 1. The van der Waals surface area contributed by atoms with E-state index in [1.165, 1.54) is 0 Å². The highest BCUT2D eigenvalue weighted by atomic mass is 16.6. The van der Waals surface area contributed by atoms with Crippen molar-refractivity contribution in [2.45, 2.75) is 51.6 Å². The van der Waals surface area contributed by atoms with Crippen LogP contribution in [0.2, 0.25) is 0 Å². The molecule has 27 heavy (non-hydrogen) atoms. The molecule has 1 fully saturated rings. The lowest BCUT2D eigenvalue weighted by atomic mass is 9.73. The molecule has 0 bridgehead atoms. The van der Waals surface area contributed by atoms with E-state index in [0.29, 0.717) is 18.7 Å². The highest BCUT2D eigenvalue weighted by Crippen LogP contribution is 2.40. The van der Waals surface area contributed by atoms with Gasteiger partial charge in [0.1, 0.15) is 6.54 Å². The molecule has 0 saturated heterocycles. The van der Waals surface area contributed by atoms with Crippen molar-refractivity contribution in [1.82, 2.24) is 0 Å². The summed E-state index contributed by atoms with van der Waals surface area (Å²) in [5, 5.41) is 23.5. The number of ether oxygens (including phenoxy) is 1. The van der Waals surface area contributed by atoms with Gasteiger partial charge < -0.3 is 19.7 Å². The highest BCUT2D eigenvalue weighted by Gasteiger charge is 2.47. The van der Waals surface area contributed by atoms with Gasteiger partial charge in [0.25, 0.3) is 0 Å². The van der Waals surface area contributed by atoms with E-state index in [2.05, 4.69) is 11.8 Å². The molecule has 148 valence electrons. The third-order valence-corrected chi connectivity index (χ3v) is 5.64. The van der Waals surface area contributed by atoms with Crippen LogP contribution >= 0.6 is 0 Å². The average molecular weight is 373 g/mol. The first kappa shape index (κ1) is 21.4. The molecule has 0 aliphatic heterocycles. The Labute approximate surface area is 162 Å². The molecule has 0 unspecified atom stereocenters. The molecule has 1 aromatic carbocycles. The second-order valence-corrected chi connectivity index (χ2v) is 7.25. The number of quaternary nitrogens is 1. The van der Waals surface area contributed by atoms with Gasteiger partial charge in [-0.3, -0.25) is 0 Å². The predicted molar refractivity (Wildman–Crippen MR) is 105 cm³/mol. The fraction of sp³-hybridized carbons (Fsp3) is 0.591. The standard InChI is InChI=1S/C22H31NO4/c1-3-23(26,4-2)17-11-12-18-27-21(24)22(25,19-13-7-5-8-14-19)20-15-9-6-10-16-20/h5,7-8,13-14,20,25H,3-4,6,9-10,15-18H2,1-2H3/t22-/m1/s1. The van der Waals surface area contributed by atoms with Crippen molar-refractivity contribution in [2.75, 3.05) is 26.2 Å². The van der Waals surface area contributed by atoms with Gasteiger partial charge in [-0.15, -0.1) is 0 Å². The van der Waals surface area contributed by atoms with Gasteiger partial charge in [-0.05, 0) is 38.2 Å². The average Bonchev–Trinajstić information content (AvgIpc) is 2.73. The largest absolute Gasteiger partial charge is 0.632 e. The lowest BCUT2D eigenvalue weighted by Crippen LogP contribution is -2.45. The Hall–Kier alpha value is -1.87. The van der Waals surface area contributed by atoms with E-state index < -0.39 is 11.6 Å². The Balaban J connectivity index is 2.07. The van der Waals surface area contributed by atoms with Crippen LogP contribution in [0.5, 0.6) is 0 Å². The van der Waals surface area contributed by atoms with Crippen molar-refractivity contribution in [3.8, 4) is 11.8 Å². The molecular formula is C22H31NO4. The molecule has 1 aliphatic rings. The number of aliphatic hydroxyl groups is 1. The summed E-state index contributed by atoms with van der Waals surface area (Å²) in [5.41, 5.74) is -1.07. The number of esters is 1. The van der Waals surface area contributed by atoms with E-state index in [-0.39, 0.29) is 23.7 Å². The molecule has 5 nitrogen and oxygen atoms in total. The van der Waals surface area contributed by atoms with Gasteiger partial charge in [0.2, 0.25) is 0 Å². The molecule has 0 heterocycles. The molecule has 0 aromatic heterocycles. The number of hydrogen-bond acceptors (Lipinski definition) is 4. The minimum Gasteiger partial charge on any atom is -0.632 e. The van der Waals surface area contributed by atoms with Crippen LogP contribution in [0.25, 0.3) is 0 Å². The van der Waals surface area contributed by atoms with Crippen molar-refractivity contribution in [1.29, 1.82) is 0 Å². The van der Waals surface area contributed by atoms with Crippen molar-refractivity contribution in [2.24, 2.45) is 5.92 Å². The van der Waals surface area contributed by atoms with E-state index in [1.54, 1.807) is 12.1 Å². The Morgan fingerprint density at radius 2 is 1.81 bits per heavy atom. The zero-order chi connectivity index (χ0) is 19.8. The maximum atomic E-state index is 12.8. The zero-order valence-corrected chi connectivity index (χ0v) is 16.4. The summed E-state index contributed by atoms with van der Waals surface area (Å²) in [6.07, 6.45) is 4.74. The number of nitrogens with zero attached hydrogens (tertiary/aromatic N) is 1. The lowest BCUT2D eigenvalue weighted by Gasteiger charge is -2.39. The van der Waals surface area contributed by atoms with Gasteiger partial charge in [-0.1, -0.05) is 55.5 Å². The van der Waals surface area contributed by atoms with Gasteiger partial charge in [0, 0.05) is 5.92 Å². The first-order valence-electron chi connectivity index (χ1n) is 9.94. The second kappa shape index (κ2) is 9.89. The third-order valence-electron chi connectivity index (χ3n) is 5.64. The van der Waals surface area contributed by atoms with Crippen LogP contribution in [0.3, 0.4) is 0 Å². The summed E-state index contributed by atoms with van der Waals surface area (Å²) in [7, 11) is 0. The van der Waals surface area contributed by atoms with E-state index >= 15 is 0 Å². The SMILES string of the molecule is CC[N+]([O-])(CC)CC#CCOC(=O)[C@@](O)(c1ccccc1)C1CCCCC1. The molecule has 0 radical (unpaired) electrons. The van der Waals surface area contributed by atoms with Crippen molar-refractivity contribution in [3.63, 3.8) is 0 Å². The van der Waals surface area contributed by atoms with E-state index in [9.17, 15) is 15.1 Å². The molecule has 1 atom stereocenters. The molecule has 5 heteroatoms. The Kier molecular flexibility index (Phi) is 7.85. The van der Waals surface area contributed by atoms with E-state index in [4.69, 9.17) is 4.74 Å². The van der Waals surface area contributed by atoms with Crippen LogP contribution < -0.4 is 0 Å². The van der Waals surface area contributed by atoms with Crippen LogP contribution in [0.15, 0.2) is 30.3 Å². The number of carbonyl (C=O) groups excluding carboxylic acids is 1. The minimum atomic E-state index is -1.64. The molecule has 2 rings (SSSR count). The van der Waals surface area contributed by atoms with Crippen LogP contribution in [0.4, 0.5) is 0 Å². The molecule has 0 amide bonds.